The molecule has 0 aliphatic heterocycles. The number of hydrogen-bond donors (Lipinski definition) is 1. The topological polar surface area (TPSA) is 51.6 Å². The zero-order valence-corrected chi connectivity index (χ0v) is 8.93. The fourth-order valence-corrected chi connectivity index (χ4v) is 1.23. The van der Waals surface area contributed by atoms with Crippen LogP contribution in [0.15, 0.2) is 18.3 Å². The third-order valence-corrected chi connectivity index (χ3v) is 2.05. The highest BCUT2D eigenvalue weighted by atomic mass is 19.3. The summed E-state index contributed by atoms with van der Waals surface area (Å²) in [5.41, 5.74) is 0.514. The molecule has 1 aromatic rings. The average Bonchev–Trinajstić information content (AvgIpc) is 2.30. The molecule has 0 aliphatic rings. The van der Waals surface area contributed by atoms with Gasteiger partial charge in [-0.3, -0.25) is 4.98 Å². The molecule has 6 heteroatoms. The minimum atomic E-state index is -2.85. The van der Waals surface area contributed by atoms with E-state index in [1.807, 2.05) is 0 Å². The van der Waals surface area contributed by atoms with Crippen molar-refractivity contribution >= 4 is 0 Å². The summed E-state index contributed by atoms with van der Waals surface area (Å²) in [6.07, 6.45) is -3.97. The smallest absolute Gasteiger partial charge is 0.269 e. The first-order valence-corrected chi connectivity index (χ1v) is 4.57. The van der Waals surface area contributed by atoms with Crippen LogP contribution in [0, 0.1) is 0 Å². The third kappa shape index (κ3) is 2.94. The number of pyridine rings is 1. The molecule has 0 aliphatic carbocycles. The lowest BCUT2D eigenvalue weighted by Crippen LogP contribution is -2.11. The van der Waals surface area contributed by atoms with E-state index in [2.05, 4.69) is 4.98 Å². The molecule has 4 nitrogen and oxygen atoms in total. The lowest BCUT2D eigenvalue weighted by atomic mass is 10.2. The quantitative estimate of drug-likeness (QED) is 0.786. The van der Waals surface area contributed by atoms with Gasteiger partial charge in [-0.05, 0) is 6.07 Å². The predicted molar refractivity (Wildman–Crippen MR) is 52.0 cm³/mol. The maximum absolute atomic E-state index is 12.2. The van der Waals surface area contributed by atoms with Gasteiger partial charge in [-0.15, -0.1) is 0 Å². The molecule has 0 saturated heterocycles. The lowest BCUT2D eigenvalue weighted by Gasteiger charge is -2.14. The van der Waals surface area contributed by atoms with Crippen molar-refractivity contribution in [1.82, 2.24) is 4.98 Å². The molecule has 1 N–H and O–H groups in total. The lowest BCUT2D eigenvalue weighted by molar-refractivity contribution is -0.106. The number of nitrogens with zero attached hydrogens (tertiary/aromatic N) is 1. The molecule has 0 amide bonds. The fourth-order valence-electron chi connectivity index (χ4n) is 1.23. The summed E-state index contributed by atoms with van der Waals surface area (Å²) in [5, 5.41) is 9.07. The fraction of sp³-hybridized carbons (Fsp3) is 0.500. The van der Waals surface area contributed by atoms with Crippen molar-refractivity contribution in [3.05, 3.63) is 29.6 Å². The maximum Gasteiger partial charge on any atom is 0.269 e. The standard InChI is InChI=1S/C10H13F2NO3/c1-15-10(16-2)6-3-4-7(13-5-6)8(14)9(11)12/h3-5,8-10,14H,1-2H3. The maximum atomic E-state index is 12.2. The van der Waals surface area contributed by atoms with Crippen LogP contribution in [0.4, 0.5) is 8.78 Å². The second kappa shape index (κ2) is 5.83. The van der Waals surface area contributed by atoms with E-state index in [9.17, 15) is 8.78 Å². The van der Waals surface area contributed by atoms with E-state index < -0.39 is 18.8 Å². The molecule has 0 fully saturated rings. The Bertz CT molecular complexity index is 293. The molecule has 0 saturated carbocycles. The van der Waals surface area contributed by atoms with Gasteiger partial charge < -0.3 is 14.6 Å². The minimum absolute atomic E-state index is 0.0790. The molecule has 0 spiro atoms. The molecule has 0 aromatic carbocycles. The summed E-state index contributed by atoms with van der Waals surface area (Å²) in [7, 11) is 2.91. The highest BCUT2D eigenvalue weighted by Gasteiger charge is 2.20. The normalized spacial score (nSPS) is 13.4. The third-order valence-electron chi connectivity index (χ3n) is 2.05. The number of aliphatic hydroxyl groups excluding tert-OH is 1. The van der Waals surface area contributed by atoms with Gasteiger partial charge in [0.15, 0.2) is 12.4 Å². The van der Waals surface area contributed by atoms with Crippen molar-refractivity contribution in [1.29, 1.82) is 0 Å². The number of methoxy groups -OCH3 is 2. The Balaban J connectivity index is 2.82. The Kier molecular flexibility index (Phi) is 4.72. The first kappa shape index (κ1) is 13.0. The molecule has 0 radical (unpaired) electrons. The molecule has 90 valence electrons. The number of ether oxygens (including phenoxy) is 2. The van der Waals surface area contributed by atoms with Gasteiger partial charge in [-0.25, -0.2) is 8.78 Å². The molecular formula is C10H13F2NO3. The van der Waals surface area contributed by atoms with Crippen LogP contribution < -0.4 is 0 Å². The predicted octanol–water partition coefficient (Wildman–Crippen LogP) is 1.67. The van der Waals surface area contributed by atoms with Crippen LogP contribution in [0.3, 0.4) is 0 Å². The zero-order chi connectivity index (χ0) is 12.1. The highest BCUT2D eigenvalue weighted by Crippen LogP contribution is 2.21. The summed E-state index contributed by atoms with van der Waals surface area (Å²) in [4.78, 5) is 3.73. The molecule has 1 aromatic heterocycles. The van der Waals surface area contributed by atoms with Crippen LogP contribution in [-0.4, -0.2) is 30.7 Å². The monoisotopic (exact) mass is 233 g/mol. The largest absolute Gasteiger partial charge is 0.381 e. The van der Waals surface area contributed by atoms with E-state index in [-0.39, 0.29) is 5.69 Å². The Morgan fingerprint density at radius 1 is 1.25 bits per heavy atom. The molecule has 1 unspecified atom stereocenters. The highest BCUT2D eigenvalue weighted by molar-refractivity contribution is 5.17. The number of alkyl halides is 2. The number of rotatable bonds is 5. The van der Waals surface area contributed by atoms with Gasteiger partial charge in [0.25, 0.3) is 6.43 Å². The zero-order valence-electron chi connectivity index (χ0n) is 8.93. The molecular weight excluding hydrogens is 220 g/mol. The van der Waals surface area contributed by atoms with Crippen LogP contribution in [0.5, 0.6) is 0 Å². The van der Waals surface area contributed by atoms with Gasteiger partial charge in [0.1, 0.15) is 0 Å². The van der Waals surface area contributed by atoms with Gasteiger partial charge in [0, 0.05) is 26.0 Å². The van der Waals surface area contributed by atoms with Crippen LogP contribution >= 0.6 is 0 Å². The Morgan fingerprint density at radius 2 is 1.88 bits per heavy atom. The van der Waals surface area contributed by atoms with Crippen molar-refractivity contribution in [2.24, 2.45) is 0 Å². The Labute approximate surface area is 91.8 Å². The number of halogens is 2. The van der Waals surface area contributed by atoms with Crippen molar-refractivity contribution < 1.29 is 23.4 Å². The SMILES string of the molecule is COC(OC)c1ccc(C(O)C(F)F)nc1. The van der Waals surface area contributed by atoms with Crippen molar-refractivity contribution in [2.45, 2.75) is 18.8 Å². The van der Waals surface area contributed by atoms with Crippen molar-refractivity contribution in [3.8, 4) is 0 Å². The van der Waals surface area contributed by atoms with E-state index >= 15 is 0 Å². The van der Waals surface area contributed by atoms with Gasteiger partial charge in [-0.1, -0.05) is 6.07 Å². The number of aromatic nitrogens is 1. The molecule has 1 rings (SSSR count). The summed E-state index contributed by atoms with van der Waals surface area (Å²) >= 11 is 0. The van der Waals surface area contributed by atoms with Crippen LogP contribution in [-0.2, 0) is 9.47 Å². The summed E-state index contributed by atoms with van der Waals surface area (Å²) < 4.78 is 34.3. The van der Waals surface area contributed by atoms with Crippen molar-refractivity contribution in [2.75, 3.05) is 14.2 Å². The molecule has 1 atom stereocenters. The van der Waals surface area contributed by atoms with E-state index in [1.54, 1.807) is 0 Å². The summed E-state index contributed by atoms with van der Waals surface area (Å²) in [6, 6.07) is 2.84. The number of aliphatic hydroxyl groups is 1. The van der Waals surface area contributed by atoms with E-state index in [0.29, 0.717) is 5.56 Å². The average molecular weight is 233 g/mol. The first-order chi connectivity index (χ1) is 7.60. The van der Waals surface area contributed by atoms with Gasteiger partial charge in [0.2, 0.25) is 0 Å². The van der Waals surface area contributed by atoms with Crippen molar-refractivity contribution in [3.63, 3.8) is 0 Å². The first-order valence-electron chi connectivity index (χ1n) is 4.57. The van der Waals surface area contributed by atoms with E-state index in [4.69, 9.17) is 14.6 Å². The van der Waals surface area contributed by atoms with Gasteiger partial charge in [-0.2, -0.15) is 0 Å². The van der Waals surface area contributed by atoms with Crippen LogP contribution in [0.2, 0.25) is 0 Å². The number of hydrogen-bond acceptors (Lipinski definition) is 4. The molecule has 1 heterocycles. The Hall–Kier alpha value is -1.11. The minimum Gasteiger partial charge on any atom is -0.381 e. The second-order valence-corrected chi connectivity index (χ2v) is 3.10. The van der Waals surface area contributed by atoms with Gasteiger partial charge in [0.05, 0.1) is 5.69 Å². The van der Waals surface area contributed by atoms with E-state index in [0.717, 1.165) is 0 Å². The summed E-state index contributed by atoms with van der Waals surface area (Å²) in [6.45, 7) is 0. The molecule has 16 heavy (non-hydrogen) atoms. The summed E-state index contributed by atoms with van der Waals surface area (Å²) in [5.74, 6) is 0. The molecule has 0 bridgehead atoms. The van der Waals surface area contributed by atoms with E-state index in [1.165, 1.54) is 32.5 Å². The Morgan fingerprint density at radius 3 is 2.25 bits per heavy atom. The van der Waals surface area contributed by atoms with Crippen LogP contribution in [0.25, 0.3) is 0 Å². The van der Waals surface area contributed by atoms with Gasteiger partial charge >= 0.3 is 0 Å². The van der Waals surface area contributed by atoms with Crippen LogP contribution in [0.1, 0.15) is 23.7 Å². The second-order valence-electron chi connectivity index (χ2n) is 3.10.